The number of nitrogens with zero attached hydrogens (tertiary/aromatic N) is 1. The van der Waals surface area contributed by atoms with Crippen LogP contribution in [0.25, 0.3) is 0 Å². The Morgan fingerprint density at radius 2 is 1.68 bits per heavy atom. The van der Waals surface area contributed by atoms with Gasteiger partial charge < -0.3 is 14.8 Å². The molecule has 1 saturated heterocycles. The van der Waals surface area contributed by atoms with Crippen LogP contribution < -0.4 is 14.8 Å². The third-order valence-corrected chi connectivity index (χ3v) is 9.15. The van der Waals surface area contributed by atoms with Crippen LogP contribution in [0.2, 0.25) is 5.02 Å². The van der Waals surface area contributed by atoms with E-state index in [0.29, 0.717) is 0 Å². The standard InChI is InChI=1S/C24H24ClN3O7S2/c1-34-22-10-8-18(16-23(22)37(32,33)28-11-13-35-14-12-28)26-24(29)17-7-9-21(20(25)15-17)27-36(30,31)19-5-3-2-4-6-19/h2-10,15-16,27H,11-14H2,1H3,(H,26,29). The molecule has 0 radical (unpaired) electrons. The Balaban J connectivity index is 1.54. The summed E-state index contributed by atoms with van der Waals surface area (Å²) in [6, 6.07) is 16.2. The number of carbonyl (C=O) groups excluding carboxylic acids is 1. The van der Waals surface area contributed by atoms with Gasteiger partial charge in [-0.25, -0.2) is 16.8 Å². The molecule has 196 valence electrons. The third kappa shape index (κ3) is 6.05. The summed E-state index contributed by atoms with van der Waals surface area (Å²) in [5.74, 6) is -0.429. The number of hydrogen-bond donors (Lipinski definition) is 2. The number of amides is 1. The SMILES string of the molecule is COc1ccc(NC(=O)c2ccc(NS(=O)(=O)c3ccccc3)c(Cl)c2)cc1S(=O)(=O)N1CCOCC1. The largest absolute Gasteiger partial charge is 0.495 e. The van der Waals surface area contributed by atoms with E-state index in [1.807, 2.05) is 0 Å². The molecule has 1 aliphatic heterocycles. The van der Waals surface area contributed by atoms with E-state index in [4.69, 9.17) is 21.1 Å². The van der Waals surface area contributed by atoms with Crippen LogP contribution in [0, 0.1) is 0 Å². The summed E-state index contributed by atoms with van der Waals surface area (Å²) in [4.78, 5) is 12.9. The third-order valence-electron chi connectivity index (χ3n) is 5.54. The number of sulfonamides is 2. The average molecular weight is 566 g/mol. The van der Waals surface area contributed by atoms with Gasteiger partial charge in [0, 0.05) is 24.3 Å². The second kappa shape index (κ2) is 11.1. The Morgan fingerprint density at radius 3 is 2.32 bits per heavy atom. The second-order valence-electron chi connectivity index (χ2n) is 7.95. The molecule has 3 aromatic carbocycles. The summed E-state index contributed by atoms with van der Waals surface area (Å²) < 4.78 is 65.7. The van der Waals surface area contributed by atoms with E-state index < -0.39 is 26.0 Å². The van der Waals surface area contributed by atoms with Gasteiger partial charge in [-0.05, 0) is 48.5 Å². The summed E-state index contributed by atoms with van der Waals surface area (Å²) in [6.45, 7) is 0.994. The van der Waals surface area contributed by atoms with Crippen molar-refractivity contribution in [2.75, 3.05) is 43.5 Å². The normalized spacial score (nSPS) is 14.6. The summed E-state index contributed by atoms with van der Waals surface area (Å²) in [5, 5.41) is 2.66. The lowest BCUT2D eigenvalue weighted by Gasteiger charge is -2.26. The van der Waals surface area contributed by atoms with Crippen LogP contribution in [0.15, 0.2) is 76.5 Å². The van der Waals surface area contributed by atoms with Gasteiger partial charge >= 0.3 is 0 Å². The zero-order valence-electron chi connectivity index (χ0n) is 19.7. The lowest BCUT2D eigenvalue weighted by molar-refractivity contribution is 0.0729. The number of benzene rings is 3. The Bertz CT molecular complexity index is 1510. The maximum atomic E-state index is 13.2. The van der Waals surface area contributed by atoms with Crippen molar-refractivity contribution < 1.29 is 31.1 Å². The fraction of sp³-hybridized carbons (Fsp3) is 0.208. The van der Waals surface area contributed by atoms with Crippen LogP contribution in [-0.2, 0) is 24.8 Å². The summed E-state index contributed by atoms with van der Waals surface area (Å²) in [6.07, 6.45) is 0. The van der Waals surface area contributed by atoms with E-state index >= 15 is 0 Å². The maximum Gasteiger partial charge on any atom is 0.261 e. The van der Waals surface area contributed by atoms with Gasteiger partial charge in [0.2, 0.25) is 10.0 Å². The van der Waals surface area contributed by atoms with Crippen LogP contribution in [0.1, 0.15) is 10.4 Å². The van der Waals surface area contributed by atoms with Gasteiger partial charge in [-0.2, -0.15) is 4.31 Å². The molecule has 10 nitrogen and oxygen atoms in total. The molecule has 1 aliphatic rings. The molecule has 1 fully saturated rings. The molecule has 0 unspecified atom stereocenters. The first-order valence-electron chi connectivity index (χ1n) is 11.1. The van der Waals surface area contributed by atoms with Crippen molar-refractivity contribution in [3.8, 4) is 5.75 Å². The maximum absolute atomic E-state index is 13.2. The predicted molar refractivity (Wildman–Crippen MR) is 139 cm³/mol. The van der Waals surface area contributed by atoms with Gasteiger partial charge in [0.1, 0.15) is 10.6 Å². The minimum absolute atomic E-state index is 0.0115. The summed E-state index contributed by atoms with van der Waals surface area (Å²) in [5.41, 5.74) is 0.467. The van der Waals surface area contributed by atoms with E-state index in [1.165, 1.54) is 59.9 Å². The van der Waals surface area contributed by atoms with Crippen LogP contribution >= 0.6 is 11.6 Å². The lowest BCUT2D eigenvalue weighted by Crippen LogP contribution is -2.40. The number of anilines is 2. The number of halogens is 1. The zero-order valence-corrected chi connectivity index (χ0v) is 22.1. The zero-order chi connectivity index (χ0) is 26.6. The van der Waals surface area contributed by atoms with Gasteiger partial charge in [-0.3, -0.25) is 9.52 Å². The van der Waals surface area contributed by atoms with Crippen LogP contribution in [0.5, 0.6) is 5.75 Å². The Morgan fingerprint density at radius 1 is 0.973 bits per heavy atom. The number of carbonyl (C=O) groups is 1. The molecule has 37 heavy (non-hydrogen) atoms. The van der Waals surface area contributed by atoms with Gasteiger partial charge in [0.15, 0.2) is 0 Å². The predicted octanol–water partition coefficient (Wildman–Crippen LogP) is 3.42. The van der Waals surface area contributed by atoms with E-state index in [1.54, 1.807) is 18.2 Å². The fourth-order valence-electron chi connectivity index (χ4n) is 3.63. The highest BCUT2D eigenvalue weighted by atomic mass is 35.5. The van der Waals surface area contributed by atoms with Crippen LogP contribution in [-0.4, -0.2) is 60.5 Å². The first-order valence-corrected chi connectivity index (χ1v) is 14.4. The van der Waals surface area contributed by atoms with Crippen molar-refractivity contribution in [1.82, 2.24) is 4.31 Å². The first kappa shape index (κ1) is 26.9. The smallest absolute Gasteiger partial charge is 0.261 e. The highest BCUT2D eigenvalue weighted by Gasteiger charge is 2.29. The number of hydrogen-bond acceptors (Lipinski definition) is 7. The molecular formula is C24H24ClN3O7S2. The summed E-state index contributed by atoms with van der Waals surface area (Å²) >= 11 is 6.26. The van der Waals surface area contributed by atoms with Crippen molar-refractivity contribution in [2.45, 2.75) is 9.79 Å². The molecule has 1 amide bonds. The van der Waals surface area contributed by atoms with Crippen molar-refractivity contribution in [1.29, 1.82) is 0 Å². The molecule has 4 rings (SSSR count). The molecule has 2 N–H and O–H groups in total. The van der Waals surface area contributed by atoms with E-state index in [9.17, 15) is 21.6 Å². The molecule has 3 aromatic rings. The molecule has 0 saturated carbocycles. The van der Waals surface area contributed by atoms with Crippen molar-refractivity contribution in [3.63, 3.8) is 0 Å². The molecule has 0 bridgehead atoms. The Hall–Kier alpha value is -3.16. The van der Waals surface area contributed by atoms with Gasteiger partial charge in [-0.1, -0.05) is 29.8 Å². The molecule has 13 heteroatoms. The van der Waals surface area contributed by atoms with Crippen LogP contribution in [0.3, 0.4) is 0 Å². The molecule has 1 heterocycles. The van der Waals surface area contributed by atoms with Gasteiger partial charge in [0.25, 0.3) is 15.9 Å². The monoisotopic (exact) mass is 565 g/mol. The first-order chi connectivity index (χ1) is 17.6. The number of ether oxygens (including phenoxy) is 2. The topological polar surface area (TPSA) is 131 Å². The molecular weight excluding hydrogens is 542 g/mol. The molecule has 0 spiro atoms. The van der Waals surface area contributed by atoms with E-state index in [0.717, 1.165) is 0 Å². The molecule has 0 atom stereocenters. The quantitative estimate of drug-likeness (QED) is 0.428. The Kier molecular flexibility index (Phi) is 8.05. The fourth-order valence-corrected chi connectivity index (χ4v) is 6.60. The van der Waals surface area contributed by atoms with Gasteiger partial charge in [-0.15, -0.1) is 0 Å². The van der Waals surface area contributed by atoms with E-state index in [-0.39, 0.29) is 63.8 Å². The molecule has 0 aliphatic carbocycles. The van der Waals surface area contributed by atoms with Crippen molar-refractivity contribution in [2.24, 2.45) is 0 Å². The second-order valence-corrected chi connectivity index (χ2v) is 11.9. The lowest BCUT2D eigenvalue weighted by atomic mass is 10.2. The minimum Gasteiger partial charge on any atom is -0.495 e. The van der Waals surface area contributed by atoms with Crippen LogP contribution in [0.4, 0.5) is 11.4 Å². The summed E-state index contributed by atoms with van der Waals surface area (Å²) in [7, 11) is -6.39. The number of morpholine rings is 1. The van der Waals surface area contributed by atoms with E-state index in [2.05, 4.69) is 10.0 Å². The number of nitrogens with one attached hydrogen (secondary N) is 2. The highest BCUT2D eigenvalue weighted by molar-refractivity contribution is 7.92. The highest BCUT2D eigenvalue weighted by Crippen LogP contribution is 2.31. The number of rotatable bonds is 8. The van der Waals surface area contributed by atoms with Gasteiger partial charge in [0.05, 0.1) is 35.9 Å². The Labute approximate surface area is 220 Å². The average Bonchev–Trinajstić information content (AvgIpc) is 2.90. The van der Waals surface area contributed by atoms with Crippen molar-refractivity contribution in [3.05, 3.63) is 77.3 Å². The molecule has 0 aromatic heterocycles. The number of methoxy groups -OCH3 is 1. The van der Waals surface area contributed by atoms with Crippen molar-refractivity contribution >= 4 is 48.9 Å². The minimum atomic E-state index is -3.89.